The monoisotopic (exact) mass is 884 g/mol. The first kappa shape index (κ1) is 43.8. The number of carbonyl (C=O) groups is 1. The van der Waals surface area contributed by atoms with Crippen LogP contribution in [-0.2, 0) is 44.3 Å². The number of halogens is 1. The molecule has 17 heteroatoms. The summed E-state index contributed by atoms with van der Waals surface area (Å²) in [6.45, 7) is 9.82. The molecule has 0 aromatic heterocycles. The van der Waals surface area contributed by atoms with Crippen LogP contribution in [0.2, 0.25) is 0 Å². The van der Waals surface area contributed by atoms with Crippen molar-refractivity contribution in [1.82, 2.24) is 0 Å². The number of phenolic OH excluding ortho intramolecular Hbond substituents is 1. The number of aromatic hydroxyl groups is 1. The third kappa shape index (κ3) is 7.35. The predicted octanol–water partition coefficient (Wildman–Crippen LogP) is 3.60. The summed E-state index contributed by atoms with van der Waals surface area (Å²) in [6, 6.07) is 1.88. The van der Waals surface area contributed by atoms with Crippen molar-refractivity contribution in [1.29, 1.82) is 0 Å². The fraction of sp³-hybridized carbons (Fsp3) is 0.732. The fourth-order valence-electron chi connectivity index (χ4n) is 9.70. The van der Waals surface area contributed by atoms with E-state index in [1.54, 1.807) is 27.7 Å². The first-order valence-electron chi connectivity index (χ1n) is 19.9. The number of ether oxygens (including phenoxy) is 10. The Bertz CT molecular complexity index is 1870. The smallest absolute Gasteiger partial charge is 0.271 e. The quantitative estimate of drug-likeness (QED) is 0.117. The SMILES string of the molecule is COc1c2c(c(O)c3c4c(c(C)cc13)C1OC[C@](O)(CBr)[C@](OC)(O4)C1OCCOC1CC(C)(O)C(OC3CC(C)(O)C(OC(C)O)C(C)O3)C(C)O1)C(=O)CCC2. The van der Waals surface area contributed by atoms with Crippen LogP contribution in [0.25, 0.3) is 10.8 Å². The largest absolute Gasteiger partial charge is 0.506 e. The maximum Gasteiger partial charge on any atom is 0.271 e. The second-order valence-corrected chi connectivity index (χ2v) is 17.3. The molecule has 2 aromatic carbocycles. The van der Waals surface area contributed by atoms with Gasteiger partial charge in [-0.15, -0.1) is 0 Å². The summed E-state index contributed by atoms with van der Waals surface area (Å²) < 4.78 is 61.6. The Kier molecular flexibility index (Phi) is 12.3. The highest BCUT2D eigenvalue weighted by Gasteiger charge is 2.68. The molecule has 4 aliphatic heterocycles. The Balaban J connectivity index is 1.08. The van der Waals surface area contributed by atoms with E-state index in [9.17, 15) is 30.3 Å². The zero-order valence-corrected chi connectivity index (χ0v) is 35.8. The third-order valence-electron chi connectivity index (χ3n) is 12.3. The molecule has 7 rings (SSSR count). The van der Waals surface area contributed by atoms with E-state index >= 15 is 0 Å². The normalized spacial score (nSPS) is 39.2. The predicted molar refractivity (Wildman–Crippen MR) is 208 cm³/mol. The van der Waals surface area contributed by atoms with Crippen molar-refractivity contribution in [3.05, 3.63) is 28.3 Å². The van der Waals surface area contributed by atoms with Crippen LogP contribution < -0.4 is 9.47 Å². The van der Waals surface area contributed by atoms with Crippen LogP contribution >= 0.6 is 15.9 Å². The molecule has 324 valence electrons. The van der Waals surface area contributed by atoms with E-state index in [1.165, 1.54) is 21.1 Å². The highest BCUT2D eigenvalue weighted by molar-refractivity contribution is 9.09. The van der Waals surface area contributed by atoms with Crippen molar-refractivity contribution in [2.75, 3.05) is 39.4 Å². The summed E-state index contributed by atoms with van der Waals surface area (Å²) in [5, 5.41) is 57.1. The van der Waals surface area contributed by atoms with Crippen molar-refractivity contribution >= 4 is 32.5 Å². The summed E-state index contributed by atoms with van der Waals surface area (Å²) in [5.41, 5.74) is -2.42. The highest BCUT2D eigenvalue weighted by Crippen LogP contribution is 2.58. The van der Waals surface area contributed by atoms with Crippen molar-refractivity contribution in [3.63, 3.8) is 0 Å². The molecule has 58 heavy (non-hydrogen) atoms. The number of aryl methyl sites for hydroxylation is 1. The molecule has 2 bridgehead atoms. The number of rotatable bonds is 12. The molecule has 0 spiro atoms. The van der Waals surface area contributed by atoms with Gasteiger partial charge in [0.2, 0.25) is 0 Å². The van der Waals surface area contributed by atoms with Crippen molar-refractivity contribution < 1.29 is 77.7 Å². The Labute approximate surface area is 346 Å². The summed E-state index contributed by atoms with van der Waals surface area (Å²) in [7, 11) is 2.93. The molecular weight excluding hydrogens is 828 g/mol. The number of fused-ring (bicyclic) bond motifs is 7. The summed E-state index contributed by atoms with van der Waals surface area (Å²) in [4.78, 5) is 13.2. The lowest BCUT2D eigenvalue weighted by molar-refractivity contribution is -0.378. The molecule has 0 amide bonds. The van der Waals surface area contributed by atoms with Crippen molar-refractivity contribution in [2.24, 2.45) is 0 Å². The third-order valence-corrected chi connectivity index (χ3v) is 13.2. The lowest BCUT2D eigenvalue weighted by Crippen LogP contribution is -2.75. The van der Waals surface area contributed by atoms with Gasteiger partial charge in [0.15, 0.2) is 36.4 Å². The van der Waals surface area contributed by atoms with Gasteiger partial charge in [0.05, 0.1) is 61.3 Å². The van der Waals surface area contributed by atoms with Gasteiger partial charge in [0.25, 0.3) is 5.79 Å². The lowest BCUT2D eigenvalue weighted by Gasteiger charge is -2.57. The van der Waals surface area contributed by atoms with Crippen LogP contribution in [0.3, 0.4) is 0 Å². The Morgan fingerprint density at radius 3 is 2.26 bits per heavy atom. The lowest BCUT2D eigenvalue weighted by atomic mass is 9.77. The molecule has 0 radical (unpaired) electrons. The molecule has 5 aliphatic rings. The minimum atomic E-state index is -1.86. The van der Waals surface area contributed by atoms with Crippen LogP contribution in [-0.4, -0.2) is 143 Å². The van der Waals surface area contributed by atoms with E-state index in [1.807, 2.05) is 13.0 Å². The van der Waals surface area contributed by atoms with Gasteiger partial charge >= 0.3 is 0 Å². The molecule has 1 aliphatic carbocycles. The molecule has 0 saturated carbocycles. The van der Waals surface area contributed by atoms with Gasteiger partial charge < -0.3 is 72.9 Å². The standard InChI is InChI=1S/C41H57BrO16/c1-19-14-24-30(31(45)29-23(32(24)49-7)10-9-11-25(29)44)33-28(19)34-37(41(50-8,58-33)40(48,17-42)18-53-34)52-13-12-51-26-15-38(5,46)36(21(3)54-26)57-27-16-39(6,47)35(20(2)55-27)56-22(4)43/h14,20-22,26-27,34-37,43,45-48H,9-13,15-18H2,1-8H3/t20?,21?,22?,26?,27?,34?,35?,36?,37?,38?,39?,40-,41-/m1/s1. The van der Waals surface area contributed by atoms with Crippen molar-refractivity contribution in [3.8, 4) is 17.2 Å². The molecule has 13 atom stereocenters. The summed E-state index contributed by atoms with van der Waals surface area (Å²) in [6.07, 6.45) is -6.05. The van der Waals surface area contributed by atoms with Gasteiger partial charge in [0.1, 0.15) is 35.6 Å². The zero-order valence-electron chi connectivity index (χ0n) is 34.2. The van der Waals surface area contributed by atoms with Crippen LogP contribution in [0.5, 0.6) is 17.2 Å². The second kappa shape index (κ2) is 16.2. The first-order chi connectivity index (χ1) is 27.3. The number of alkyl halides is 1. The van der Waals surface area contributed by atoms with Crippen LogP contribution in [0.4, 0.5) is 0 Å². The van der Waals surface area contributed by atoms with Crippen LogP contribution in [0.15, 0.2) is 6.07 Å². The Hall–Kier alpha value is -2.23. The number of methoxy groups -OCH3 is 2. The number of Topliss-reactive ketones (excluding diaryl/α,β-unsaturated/α-hetero) is 1. The second-order valence-electron chi connectivity index (χ2n) is 16.8. The van der Waals surface area contributed by atoms with E-state index in [4.69, 9.17) is 47.4 Å². The minimum absolute atomic E-state index is 0.00132. The maximum atomic E-state index is 13.2. The number of hydrogen-bond donors (Lipinski definition) is 5. The minimum Gasteiger partial charge on any atom is -0.506 e. The van der Waals surface area contributed by atoms with Gasteiger partial charge in [-0.25, -0.2) is 0 Å². The average Bonchev–Trinajstić information content (AvgIpc) is 3.14. The first-order valence-corrected chi connectivity index (χ1v) is 21.0. The molecule has 16 nitrogen and oxygen atoms in total. The van der Waals surface area contributed by atoms with Crippen LogP contribution in [0, 0.1) is 6.92 Å². The number of aliphatic hydroxyl groups is 4. The topological polar surface area (TPSA) is 211 Å². The van der Waals surface area contributed by atoms with Crippen LogP contribution in [0.1, 0.15) is 93.5 Å². The number of phenols is 1. The fourth-order valence-corrected chi connectivity index (χ4v) is 10.3. The molecule has 3 fully saturated rings. The van der Waals surface area contributed by atoms with Gasteiger partial charge in [0, 0.05) is 48.2 Å². The van der Waals surface area contributed by atoms with E-state index in [0.29, 0.717) is 35.1 Å². The average molecular weight is 886 g/mol. The van der Waals surface area contributed by atoms with Gasteiger partial charge in [-0.05, 0) is 66.0 Å². The van der Waals surface area contributed by atoms with Gasteiger partial charge in [-0.2, -0.15) is 0 Å². The maximum absolute atomic E-state index is 13.2. The number of hydrogen-bond acceptors (Lipinski definition) is 16. The molecule has 4 heterocycles. The number of carbonyl (C=O) groups excluding carboxylic acids is 1. The molecule has 5 N–H and O–H groups in total. The Morgan fingerprint density at radius 2 is 1.62 bits per heavy atom. The number of benzene rings is 2. The zero-order chi connectivity index (χ0) is 42.1. The number of aliphatic hydroxyl groups excluding tert-OH is 1. The van der Waals surface area contributed by atoms with Gasteiger partial charge in [-0.3, -0.25) is 4.79 Å². The van der Waals surface area contributed by atoms with Gasteiger partial charge in [-0.1, -0.05) is 15.9 Å². The highest BCUT2D eigenvalue weighted by atomic mass is 79.9. The molecule has 2 aromatic rings. The van der Waals surface area contributed by atoms with E-state index in [2.05, 4.69) is 15.9 Å². The number of ketones is 1. The van der Waals surface area contributed by atoms with Crippen molar-refractivity contribution in [2.45, 2.75) is 152 Å². The molecule has 3 saturated heterocycles. The summed E-state index contributed by atoms with van der Waals surface area (Å²) in [5.74, 6) is -1.60. The molecular formula is C41H57BrO16. The Morgan fingerprint density at radius 1 is 0.966 bits per heavy atom. The molecule has 11 unspecified atom stereocenters. The summed E-state index contributed by atoms with van der Waals surface area (Å²) >= 11 is 3.43. The van der Waals surface area contributed by atoms with E-state index < -0.39 is 78.1 Å². The van der Waals surface area contributed by atoms with E-state index in [-0.39, 0.29) is 72.6 Å². The van der Waals surface area contributed by atoms with E-state index in [0.717, 1.165) is 5.56 Å².